The van der Waals surface area contributed by atoms with Crippen molar-refractivity contribution < 1.29 is 14.8 Å². The summed E-state index contributed by atoms with van der Waals surface area (Å²) < 4.78 is 7.66. The van der Waals surface area contributed by atoms with Crippen LogP contribution in [0.4, 0.5) is 0 Å². The Morgan fingerprint density at radius 3 is 2.55 bits per heavy atom. The maximum absolute atomic E-state index is 9.42. The molecule has 0 atom stereocenters. The lowest BCUT2D eigenvalue weighted by atomic mass is 9.80. The fourth-order valence-electron chi connectivity index (χ4n) is 2.13. The summed E-state index contributed by atoms with van der Waals surface area (Å²) in [6, 6.07) is 8.81. The highest BCUT2D eigenvalue weighted by Crippen LogP contribution is 2.14. The van der Waals surface area contributed by atoms with Crippen molar-refractivity contribution in [1.82, 2.24) is 4.57 Å². The van der Waals surface area contributed by atoms with Crippen molar-refractivity contribution in [3.8, 4) is 0 Å². The van der Waals surface area contributed by atoms with Crippen LogP contribution in [0.25, 0.3) is 10.9 Å². The third-order valence-electron chi connectivity index (χ3n) is 3.32. The SMILES string of the molecule is C[Si](C)(C)CCOCn1cc(B(O)O)c2ccccc21. The van der Waals surface area contributed by atoms with Crippen LogP contribution in [0.15, 0.2) is 30.5 Å². The molecule has 2 aromatic rings. The van der Waals surface area contributed by atoms with Gasteiger partial charge in [0.15, 0.2) is 0 Å². The summed E-state index contributed by atoms with van der Waals surface area (Å²) in [5.74, 6) is 0. The average Bonchev–Trinajstić information content (AvgIpc) is 2.73. The molecule has 0 aliphatic carbocycles. The maximum atomic E-state index is 9.42. The van der Waals surface area contributed by atoms with Gasteiger partial charge in [-0.3, -0.25) is 0 Å². The van der Waals surface area contributed by atoms with Crippen molar-refractivity contribution in [1.29, 1.82) is 0 Å². The van der Waals surface area contributed by atoms with Crippen LogP contribution < -0.4 is 5.46 Å². The Bertz CT molecular complexity index is 577. The standard InChI is InChI=1S/C14H22BNO3Si/c1-20(2,3)9-8-19-11-16-10-13(15(17)18)12-6-4-5-7-14(12)16/h4-7,10,17-18H,8-9,11H2,1-3H3. The molecule has 0 bridgehead atoms. The largest absolute Gasteiger partial charge is 0.490 e. The molecular formula is C14H22BNO3Si. The molecule has 2 N–H and O–H groups in total. The first kappa shape index (κ1) is 15.3. The second-order valence-electron chi connectivity index (χ2n) is 6.29. The Hall–Kier alpha value is -1.08. The van der Waals surface area contributed by atoms with E-state index in [1.807, 2.05) is 28.8 Å². The van der Waals surface area contributed by atoms with E-state index in [0.29, 0.717) is 12.2 Å². The van der Waals surface area contributed by atoms with E-state index in [4.69, 9.17) is 4.74 Å². The summed E-state index contributed by atoms with van der Waals surface area (Å²) in [5.41, 5.74) is 1.48. The van der Waals surface area contributed by atoms with Gasteiger partial charge in [-0.05, 0) is 17.5 Å². The van der Waals surface area contributed by atoms with Gasteiger partial charge in [-0.15, -0.1) is 0 Å². The minimum Gasteiger partial charge on any atom is -0.423 e. The number of para-hydroxylation sites is 1. The van der Waals surface area contributed by atoms with Gasteiger partial charge in [-0.1, -0.05) is 37.8 Å². The summed E-state index contributed by atoms with van der Waals surface area (Å²) >= 11 is 0. The zero-order chi connectivity index (χ0) is 14.8. The normalized spacial score (nSPS) is 12.1. The molecule has 0 saturated carbocycles. The van der Waals surface area contributed by atoms with Crippen LogP contribution in [0, 0.1) is 0 Å². The molecule has 1 heterocycles. The molecule has 0 aliphatic rings. The topological polar surface area (TPSA) is 54.6 Å². The predicted molar refractivity (Wildman–Crippen MR) is 85.9 cm³/mol. The van der Waals surface area contributed by atoms with Crippen LogP contribution >= 0.6 is 0 Å². The minimum atomic E-state index is -1.46. The molecule has 20 heavy (non-hydrogen) atoms. The summed E-state index contributed by atoms with van der Waals surface area (Å²) in [6.07, 6.45) is 1.75. The first-order valence-corrected chi connectivity index (χ1v) is 10.6. The van der Waals surface area contributed by atoms with Crippen LogP contribution in [0.1, 0.15) is 0 Å². The van der Waals surface area contributed by atoms with Crippen LogP contribution in [-0.2, 0) is 11.5 Å². The average molecular weight is 291 g/mol. The van der Waals surface area contributed by atoms with E-state index in [9.17, 15) is 10.0 Å². The first-order chi connectivity index (χ1) is 9.38. The number of hydrogen-bond donors (Lipinski definition) is 2. The first-order valence-electron chi connectivity index (χ1n) is 6.90. The van der Waals surface area contributed by atoms with Gasteiger partial charge in [0.25, 0.3) is 0 Å². The van der Waals surface area contributed by atoms with E-state index in [-0.39, 0.29) is 0 Å². The Morgan fingerprint density at radius 2 is 1.90 bits per heavy atom. The van der Waals surface area contributed by atoms with Gasteiger partial charge < -0.3 is 19.4 Å². The molecule has 0 aliphatic heterocycles. The lowest BCUT2D eigenvalue weighted by Crippen LogP contribution is -2.29. The van der Waals surface area contributed by atoms with E-state index in [0.717, 1.165) is 23.6 Å². The molecule has 0 amide bonds. The fraction of sp³-hybridized carbons (Fsp3) is 0.429. The Labute approximate surface area is 121 Å². The molecule has 4 nitrogen and oxygen atoms in total. The van der Waals surface area contributed by atoms with Crippen molar-refractivity contribution in [3.63, 3.8) is 0 Å². The van der Waals surface area contributed by atoms with Crippen molar-refractivity contribution in [3.05, 3.63) is 30.5 Å². The van der Waals surface area contributed by atoms with Gasteiger partial charge in [-0.2, -0.15) is 0 Å². The number of nitrogens with zero attached hydrogens (tertiary/aromatic N) is 1. The van der Waals surface area contributed by atoms with Gasteiger partial charge in [0.1, 0.15) is 6.73 Å². The van der Waals surface area contributed by atoms with E-state index in [2.05, 4.69) is 19.6 Å². The van der Waals surface area contributed by atoms with Gasteiger partial charge >= 0.3 is 7.12 Å². The van der Waals surface area contributed by atoms with Crippen molar-refractivity contribution >= 4 is 31.6 Å². The highest BCUT2D eigenvalue weighted by Gasteiger charge is 2.18. The Morgan fingerprint density at radius 1 is 1.20 bits per heavy atom. The third kappa shape index (κ3) is 3.73. The molecule has 0 saturated heterocycles. The van der Waals surface area contributed by atoms with Crippen molar-refractivity contribution in [2.75, 3.05) is 6.61 Å². The highest BCUT2D eigenvalue weighted by atomic mass is 28.3. The second-order valence-corrected chi connectivity index (χ2v) is 11.9. The van der Waals surface area contributed by atoms with Gasteiger partial charge in [0, 0.05) is 31.9 Å². The number of rotatable bonds is 6. The second kappa shape index (κ2) is 6.14. The van der Waals surface area contributed by atoms with Crippen LogP contribution in [0.3, 0.4) is 0 Å². The quantitative estimate of drug-likeness (QED) is 0.628. The molecule has 0 fully saturated rings. The Balaban J connectivity index is 2.10. The molecular weight excluding hydrogens is 269 g/mol. The lowest BCUT2D eigenvalue weighted by molar-refractivity contribution is 0.0903. The fourth-order valence-corrected chi connectivity index (χ4v) is 2.89. The van der Waals surface area contributed by atoms with Crippen LogP contribution in [0.5, 0.6) is 0 Å². The summed E-state index contributed by atoms with van der Waals surface area (Å²) in [6.45, 7) is 8.15. The molecule has 108 valence electrons. The molecule has 0 unspecified atom stereocenters. The minimum absolute atomic E-state index is 0.442. The van der Waals surface area contributed by atoms with Gasteiger partial charge in [-0.25, -0.2) is 0 Å². The van der Waals surface area contributed by atoms with E-state index in [1.54, 1.807) is 6.20 Å². The summed E-state index contributed by atoms with van der Waals surface area (Å²) in [4.78, 5) is 0. The number of hydrogen-bond acceptors (Lipinski definition) is 3. The van der Waals surface area contributed by atoms with Gasteiger partial charge in [0.2, 0.25) is 0 Å². The zero-order valence-corrected chi connectivity index (χ0v) is 13.3. The molecule has 2 rings (SSSR count). The summed E-state index contributed by atoms with van der Waals surface area (Å²) in [5, 5.41) is 19.7. The van der Waals surface area contributed by atoms with E-state index >= 15 is 0 Å². The van der Waals surface area contributed by atoms with Crippen LogP contribution in [-0.4, -0.2) is 36.4 Å². The number of fused-ring (bicyclic) bond motifs is 1. The Kier molecular flexibility index (Phi) is 4.70. The zero-order valence-electron chi connectivity index (χ0n) is 12.3. The smallest absolute Gasteiger partial charge is 0.423 e. The number of benzene rings is 1. The summed E-state index contributed by atoms with van der Waals surface area (Å²) in [7, 11) is -2.53. The van der Waals surface area contributed by atoms with E-state index in [1.165, 1.54) is 0 Å². The van der Waals surface area contributed by atoms with Crippen molar-refractivity contribution in [2.45, 2.75) is 32.4 Å². The van der Waals surface area contributed by atoms with Crippen molar-refractivity contribution in [2.24, 2.45) is 0 Å². The lowest BCUT2D eigenvalue weighted by Gasteiger charge is -2.15. The molecule has 0 radical (unpaired) electrons. The van der Waals surface area contributed by atoms with E-state index < -0.39 is 15.2 Å². The predicted octanol–water partition coefficient (Wildman–Crippen LogP) is 1.63. The molecule has 1 aromatic heterocycles. The molecule has 6 heteroatoms. The highest BCUT2D eigenvalue weighted by molar-refractivity contribution is 6.76. The van der Waals surface area contributed by atoms with Gasteiger partial charge in [0.05, 0.1) is 0 Å². The number of aromatic nitrogens is 1. The van der Waals surface area contributed by atoms with Crippen LogP contribution in [0.2, 0.25) is 25.7 Å². The third-order valence-corrected chi connectivity index (χ3v) is 5.03. The monoisotopic (exact) mass is 291 g/mol. The number of ether oxygens (including phenoxy) is 1. The maximum Gasteiger partial charge on any atom is 0.490 e. The molecule has 0 spiro atoms. The molecule has 1 aromatic carbocycles.